The number of aliphatic hydroxyl groups is 1. The van der Waals surface area contributed by atoms with Gasteiger partial charge in [0.05, 0.1) is 30.5 Å². The van der Waals surface area contributed by atoms with Gasteiger partial charge in [-0.2, -0.15) is 5.10 Å². The molecule has 0 spiro atoms. The van der Waals surface area contributed by atoms with E-state index >= 15 is 0 Å². The molecule has 0 saturated carbocycles. The van der Waals surface area contributed by atoms with Crippen molar-refractivity contribution in [2.45, 2.75) is 24.9 Å². The van der Waals surface area contributed by atoms with Crippen molar-refractivity contribution in [2.75, 3.05) is 27.2 Å². The van der Waals surface area contributed by atoms with Crippen molar-refractivity contribution < 1.29 is 14.3 Å². The van der Waals surface area contributed by atoms with Crippen LogP contribution in [0.25, 0.3) is 0 Å². The first-order valence-corrected chi connectivity index (χ1v) is 11.1. The number of hydrogen-bond donors (Lipinski definition) is 1. The Balaban J connectivity index is 1.69. The van der Waals surface area contributed by atoms with Gasteiger partial charge < -0.3 is 10.0 Å². The number of aliphatic imine (C=N–C) groups is 2. The van der Waals surface area contributed by atoms with Gasteiger partial charge in [-0.15, -0.1) is 0 Å². The van der Waals surface area contributed by atoms with Gasteiger partial charge in [0.25, 0.3) is 0 Å². The Kier molecular flexibility index (Phi) is 5.89. The minimum Gasteiger partial charge on any atom is -0.394 e. The molecular weight excluding hydrogens is 435 g/mol. The van der Waals surface area contributed by atoms with Crippen LogP contribution >= 0.6 is 0 Å². The van der Waals surface area contributed by atoms with Crippen molar-refractivity contribution >= 4 is 23.4 Å². The molecule has 0 radical (unpaired) electrons. The number of nitrogens with zero attached hydrogens (tertiary/aromatic N) is 6. The van der Waals surface area contributed by atoms with Crippen molar-refractivity contribution in [1.29, 1.82) is 0 Å². The number of hydrogen-bond acceptors (Lipinski definition) is 7. The van der Waals surface area contributed by atoms with Crippen molar-refractivity contribution in [3.05, 3.63) is 76.6 Å². The number of carbonyl (C=O) groups is 1. The van der Waals surface area contributed by atoms with Gasteiger partial charge in [-0.05, 0) is 31.3 Å². The van der Waals surface area contributed by atoms with E-state index in [2.05, 4.69) is 49.2 Å². The van der Waals surface area contributed by atoms with Gasteiger partial charge in [0.2, 0.25) is 0 Å². The highest BCUT2D eigenvalue weighted by Crippen LogP contribution is 2.42. The summed E-state index contributed by atoms with van der Waals surface area (Å²) in [6.07, 6.45) is 3.23. The van der Waals surface area contributed by atoms with Gasteiger partial charge >= 0.3 is 0 Å². The van der Waals surface area contributed by atoms with Crippen LogP contribution in [0.15, 0.2) is 52.7 Å². The van der Waals surface area contributed by atoms with Gasteiger partial charge in [-0.25, -0.2) is 14.1 Å². The molecule has 9 heteroatoms. The molecule has 2 aliphatic rings. The number of rotatable bonds is 6. The predicted octanol–water partition coefficient (Wildman–Crippen LogP) is 2.74. The summed E-state index contributed by atoms with van der Waals surface area (Å²) < 4.78 is 16.0. The van der Waals surface area contributed by atoms with Crippen LogP contribution in [-0.2, 0) is 13.1 Å². The first-order chi connectivity index (χ1) is 16.5. The second-order valence-electron chi connectivity index (χ2n) is 8.80. The minimum absolute atomic E-state index is 0.0651. The molecule has 34 heavy (non-hydrogen) atoms. The molecule has 8 nitrogen and oxygen atoms in total. The Hall–Kier alpha value is -3.56. The van der Waals surface area contributed by atoms with Crippen molar-refractivity contribution in [3.63, 3.8) is 0 Å². The van der Waals surface area contributed by atoms with Crippen molar-refractivity contribution in [3.8, 4) is 0 Å². The molecule has 2 aliphatic heterocycles. The standard InChI is InChI=1S/C25H25FN6O2/c1-31(2)13-15-3-5-16(6-4-15)19-11-27-20-10-17(26)9-18-21(34)12-28-24(22(18)20)23(19)25-29-14-30-32(25)7-8-33/h3-6,9-11,14,19,23,33H,7-8,12-13H2,1-2H3. The zero-order valence-electron chi connectivity index (χ0n) is 19.0. The molecule has 2 atom stereocenters. The lowest BCUT2D eigenvalue weighted by atomic mass is 9.78. The van der Waals surface area contributed by atoms with Crippen LogP contribution in [-0.4, -0.2) is 69.7 Å². The highest BCUT2D eigenvalue weighted by molar-refractivity contribution is 6.21. The summed E-state index contributed by atoms with van der Waals surface area (Å²) in [7, 11) is 4.04. The van der Waals surface area contributed by atoms with Gasteiger partial charge in [0.1, 0.15) is 24.5 Å². The quantitative estimate of drug-likeness (QED) is 0.610. The van der Waals surface area contributed by atoms with Crippen LogP contribution in [0.3, 0.4) is 0 Å². The first-order valence-electron chi connectivity index (χ1n) is 11.1. The van der Waals surface area contributed by atoms with Gasteiger partial charge in [-0.1, -0.05) is 24.3 Å². The van der Waals surface area contributed by atoms with Crippen LogP contribution < -0.4 is 0 Å². The van der Waals surface area contributed by atoms with E-state index in [0.29, 0.717) is 22.8 Å². The van der Waals surface area contributed by atoms with E-state index in [1.54, 1.807) is 10.9 Å². The molecule has 174 valence electrons. The summed E-state index contributed by atoms with van der Waals surface area (Å²) >= 11 is 0. The third-order valence-corrected chi connectivity index (χ3v) is 6.16. The fourth-order valence-corrected chi connectivity index (χ4v) is 4.73. The van der Waals surface area contributed by atoms with E-state index in [1.165, 1.54) is 24.0 Å². The van der Waals surface area contributed by atoms with E-state index < -0.39 is 11.7 Å². The molecule has 2 unspecified atom stereocenters. The molecule has 2 aromatic carbocycles. The predicted molar refractivity (Wildman–Crippen MR) is 127 cm³/mol. The van der Waals surface area contributed by atoms with Crippen LogP contribution in [0.5, 0.6) is 0 Å². The average molecular weight is 461 g/mol. The summed E-state index contributed by atoms with van der Waals surface area (Å²) in [5.41, 5.74) is 4.02. The maximum absolute atomic E-state index is 14.4. The van der Waals surface area contributed by atoms with E-state index in [0.717, 1.165) is 12.1 Å². The zero-order valence-corrected chi connectivity index (χ0v) is 19.0. The zero-order chi connectivity index (χ0) is 23.8. The lowest BCUT2D eigenvalue weighted by Gasteiger charge is -2.27. The topological polar surface area (TPSA) is 96.0 Å². The summed E-state index contributed by atoms with van der Waals surface area (Å²) in [6, 6.07) is 10.9. The summed E-state index contributed by atoms with van der Waals surface area (Å²) in [5, 5.41) is 13.9. The maximum Gasteiger partial charge on any atom is 0.185 e. The third-order valence-electron chi connectivity index (χ3n) is 6.16. The van der Waals surface area contributed by atoms with Crippen LogP contribution in [0, 0.1) is 5.82 Å². The molecule has 3 heterocycles. The first kappa shape index (κ1) is 22.2. The number of Topliss-reactive ketones (excluding diaryl/α,β-unsaturated/α-hetero) is 1. The largest absolute Gasteiger partial charge is 0.394 e. The average Bonchev–Trinajstić information content (AvgIpc) is 3.19. The number of aromatic nitrogens is 3. The van der Waals surface area contributed by atoms with E-state index in [9.17, 15) is 14.3 Å². The normalized spacial score (nSPS) is 19.2. The highest BCUT2D eigenvalue weighted by Gasteiger charge is 2.39. The number of halogens is 1. The monoisotopic (exact) mass is 460 g/mol. The Labute approximate surface area is 196 Å². The maximum atomic E-state index is 14.4. The Morgan fingerprint density at radius 3 is 2.74 bits per heavy atom. The van der Waals surface area contributed by atoms with Crippen LogP contribution in [0.4, 0.5) is 10.1 Å². The molecule has 5 rings (SSSR count). The fraction of sp³-hybridized carbons (Fsp3) is 0.320. The molecular formula is C25H25FN6O2. The molecule has 0 bridgehead atoms. The summed E-state index contributed by atoms with van der Waals surface area (Å²) in [4.78, 5) is 28.5. The Morgan fingerprint density at radius 1 is 1.21 bits per heavy atom. The second kappa shape index (κ2) is 9.00. The van der Waals surface area contributed by atoms with Gasteiger partial charge in [-0.3, -0.25) is 14.8 Å². The number of carbonyl (C=O) groups excluding carboxylic acids is 1. The Bertz CT molecular complexity index is 1300. The summed E-state index contributed by atoms with van der Waals surface area (Å²) in [5.74, 6) is -0.843. The van der Waals surface area contributed by atoms with Crippen molar-refractivity contribution in [1.82, 2.24) is 19.7 Å². The molecule has 0 saturated heterocycles. The Morgan fingerprint density at radius 2 is 2.00 bits per heavy atom. The van der Waals surface area contributed by atoms with E-state index in [-0.39, 0.29) is 37.0 Å². The molecule has 1 N–H and O–H groups in total. The lowest BCUT2D eigenvalue weighted by molar-refractivity contribution is 0.0999. The second-order valence-corrected chi connectivity index (χ2v) is 8.80. The third kappa shape index (κ3) is 3.97. The van der Waals surface area contributed by atoms with Crippen molar-refractivity contribution in [2.24, 2.45) is 9.98 Å². The highest BCUT2D eigenvalue weighted by atomic mass is 19.1. The number of benzene rings is 2. The summed E-state index contributed by atoms with van der Waals surface area (Å²) in [6.45, 7) is 0.923. The number of aliphatic hydroxyl groups excluding tert-OH is 1. The smallest absolute Gasteiger partial charge is 0.185 e. The SMILES string of the molecule is CN(C)Cc1ccc(C2C=Nc3cc(F)cc4c3C(=NCC4=O)C2c2ncnn2CCO)cc1. The van der Waals surface area contributed by atoms with Gasteiger partial charge in [0, 0.05) is 35.9 Å². The minimum atomic E-state index is -0.507. The van der Waals surface area contributed by atoms with Crippen LogP contribution in [0.2, 0.25) is 0 Å². The molecule has 0 amide bonds. The fourth-order valence-electron chi connectivity index (χ4n) is 4.73. The lowest BCUT2D eigenvalue weighted by Crippen LogP contribution is -2.30. The van der Waals surface area contributed by atoms with Crippen LogP contribution in [0.1, 0.15) is 44.7 Å². The molecule has 1 aromatic heterocycles. The van der Waals surface area contributed by atoms with Gasteiger partial charge in [0.15, 0.2) is 5.78 Å². The molecule has 0 aliphatic carbocycles. The van der Waals surface area contributed by atoms with E-state index in [1.807, 2.05) is 14.1 Å². The molecule has 3 aromatic rings. The number of ketones is 1. The molecule has 0 fully saturated rings. The van der Waals surface area contributed by atoms with E-state index in [4.69, 9.17) is 0 Å².